The minimum absolute atomic E-state index is 0.00153. The van der Waals surface area contributed by atoms with Crippen LogP contribution in [0.1, 0.15) is 27.7 Å². The zero-order valence-corrected chi connectivity index (χ0v) is 8.59. The Balaban J connectivity index is 4.64. The molecule has 3 heteroatoms. The summed E-state index contributed by atoms with van der Waals surface area (Å²) in [5.74, 6) is -0.00306. The molecule has 0 spiro atoms. The van der Waals surface area contributed by atoms with Gasteiger partial charge in [-0.3, -0.25) is 9.59 Å². The number of hydrogen-bond donors (Lipinski definition) is 0. The predicted octanol–water partition coefficient (Wildman–Crippen LogP) is 1.27. The van der Waals surface area contributed by atoms with E-state index in [0.29, 0.717) is 0 Å². The van der Waals surface area contributed by atoms with Crippen molar-refractivity contribution in [2.45, 2.75) is 33.3 Å². The van der Waals surface area contributed by atoms with E-state index >= 15 is 0 Å². The fourth-order valence-electron chi connectivity index (χ4n) is 1.41. The molecule has 0 aliphatic rings. The van der Waals surface area contributed by atoms with Crippen LogP contribution in [0.2, 0.25) is 0 Å². The van der Waals surface area contributed by atoms with E-state index in [4.69, 9.17) is 4.74 Å². The standard InChI is InChI=1S/C10H16O3/c1-8(2)10(7-12,9(3)4)13-6-5-11/h8-9H,6H2,1-4H3. The maximum atomic E-state index is 10.8. The second-order valence-electron chi connectivity index (χ2n) is 3.64. The monoisotopic (exact) mass is 184 g/mol. The lowest BCUT2D eigenvalue weighted by molar-refractivity contribution is -0.0402. The normalized spacial score (nSPS) is 12.2. The van der Waals surface area contributed by atoms with Crippen molar-refractivity contribution in [2.24, 2.45) is 11.8 Å². The Labute approximate surface area is 79.5 Å². The van der Waals surface area contributed by atoms with Crippen LogP contribution in [0.3, 0.4) is 0 Å². The molecule has 0 rings (SSSR count). The Kier molecular flexibility index (Phi) is 4.85. The van der Waals surface area contributed by atoms with E-state index in [9.17, 15) is 9.59 Å². The molecular formula is C10H16O3. The van der Waals surface area contributed by atoms with Crippen LogP contribution < -0.4 is 0 Å². The van der Waals surface area contributed by atoms with Crippen LogP contribution in [-0.2, 0) is 14.3 Å². The molecule has 2 radical (unpaired) electrons. The van der Waals surface area contributed by atoms with Gasteiger partial charge in [0.05, 0.1) is 0 Å². The van der Waals surface area contributed by atoms with Crippen LogP contribution in [-0.4, -0.2) is 24.8 Å². The highest BCUT2D eigenvalue weighted by molar-refractivity contribution is 5.65. The summed E-state index contributed by atoms with van der Waals surface area (Å²) in [4.78, 5) is 20.9. The topological polar surface area (TPSA) is 43.4 Å². The van der Waals surface area contributed by atoms with Gasteiger partial charge in [-0.15, -0.1) is 0 Å². The lowest BCUT2D eigenvalue weighted by Gasteiger charge is -2.34. The SMILES string of the molecule is CC(C)C([C]=O)(OC[C]=O)C(C)C. The maximum Gasteiger partial charge on any atom is 0.233 e. The average molecular weight is 184 g/mol. The van der Waals surface area contributed by atoms with Crippen molar-refractivity contribution in [1.82, 2.24) is 0 Å². The molecule has 13 heavy (non-hydrogen) atoms. The highest BCUT2D eigenvalue weighted by atomic mass is 16.5. The minimum Gasteiger partial charge on any atom is -0.358 e. The Morgan fingerprint density at radius 3 is 1.85 bits per heavy atom. The molecule has 74 valence electrons. The highest BCUT2D eigenvalue weighted by Crippen LogP contribution is 2.28. The molecule has 0 aliphatic heterocycles. The van der Waals surface area contributed by atoms with Crippen LogP contribution in [0.5, 0.6) is 0 Å². The van der Waals surface area contributed by atoms with Gasteiger partial charge < -0.3 is 4.74 Å². The van der Waals surface area contributed by atoms with Crippen LogP contribution in [0, 0.1) is 11.8 Å². The van der Waals surface area contributed by atoms with E-state index in [1.807, 2.05) is 34.0 Å². The molecule has 0 saturated carbocycles. The summed E-state index contributed by atoms with van der Waals surface area (Å²) in [6.45, 7) is 7.31. The van der Waals surface area contributed by atoms with Crippen LogP contribution in [0.15, 0.2) is 0 Å². The fourth-order valence-corrected chi connectivity index (χ4v) is 1.41. The summed E-state index contributed by atoms with van der Waals surface area (Å²) in [7, 11) is 0. The van der Waals surface area contributed by atoms with Gasteiger partial charge in [-0.05, 0) is 11.8 Å². The third-order valence-electron chi connectivity index (χ3n) is 2.24. The van der Waals surface area contributed by atoms with E-state index in [1.54, 1.807) is 6.29 Å². The summed E-state index contributed by atoms with van der Waals surface area (Å²) in [5, 5.41) is 0. The summed E-state index contributed by atoms with van der Waals surface area (Å²) >= 11 is 0. The van der Waals surface area contributed by atoms with Gasteiger partial charge in [-0.1, -0.05) is 27.7 Å². The van der Waals surface area contributed by atoms with Crippen molar-refractivity contribution in [2.75, 3.05) is 6.61 Å². The van der Waals surface area contributed by atoms with Gasteiger partial charge in [-0.2, -0.15) is 0 Å². The average Bonchev–Trinajstić information content (AvgIpc) is 2.05. The Morgan fingerprint density at radius 2 is 1.62 bits per heavy atom. The molecule has 0 amide bonds. The van der Waals surface area contributed by atoms with Crippen LogP contribution in [0.25, 0.3) is 0 Å². The maximum absolute atomic E-state index is 10.8. The molecule has 0 aromatic carbocycles. The van der Waals surface area contributed by atoms with Crippen molar-refractivity contribution < 1.29 is 14.3 Å². The van der Waals surface area contributed by atoms with E-state index in [-0.39, 0.29) is 18.4 Å². The molecule has 0 fully saturated rings. The second-order valence-corrected chi connectivity index (χ2v) is 3.64. The zero-order valence-electron chi connectivity index (χ0n) is 8.59. The molecule has 0 aliphatic carbocycles. The summed E-state index contributed by atoms with van der Waals surface area (Å²) in [6.07, 6.45) is 3.51. The number of ether oxygens (including phenoxy) is 1. The molecule has 0 N–H and O–H groups in total. The molecule has 0 heterocycles. The quantitative estimate of drug-likeness (QED) is 0.624. The van der Waals surface area contributed by atoms with E-state index in [1.165, 1.54) is 0 Å². The van der Waals surface area contributed by atoms with Crippen molar-refractivity contribution in [3.05, 3.63) is 0 Å². The molecular weight excluding hydrogens is 168 g/mol. The summed E-state index contributed by atoms with van der Waals surface area (Å²) in [6, 6.07) is 0. The van der Waals surface area contributed by atoms with Crippen molar-refractivity contribution in [1.29, 1.82) is 0 Å². The predicted molar refractivity (Wildman–Crippen MR) is 49.7 cm³/mol. The number of hydrogen-bond acceptors (Lipinski definition) is 3. The smallest absolute Gasteiger partial charge is 0.233 e. The highest BCUT2D eigenvalue weighted by Gasteiger charge is 2.39. The summed E-state index contributed by atoms with van der Waals surface area (Å²) < 4.78 is 5.20. The van der Waals surface area contributed by atoms with Crippen LogP contribution in [0.4, 0.5) is 0 Å². The summed E-state index contributed by atoms with van der Waals surface area (Å²) in [5.41, 5.74) is -0.975. The largest absolute Gasteiger partial charge is 0.358 e. The van der Waals surface area contributed by atoms with Crippen molar-refractivity contribution >= 4 is 12.6 Å². The van der Waals surface area contributed by atoms with E-state index in [0.717, 1.165) is 0 Å². The minimum atomic E-state index is -0.975. The van der Waals surface area contributed by atoms with Gasteiger partial charge in [0, 0.05) is 0 Å². The Hall–Kier alpha value is -0.700. The first kappa shape index (κ1) is 12.3. The van der Waals surface area contributed by atoms with Gasteiger partial charge in [-0.25, -0.2) is 0 Å². The number of rotatable bonds is 6. The molecule has 3 nitrogen and oxygen atoms in total. The number of carbonyl (C=O) groups excluding carboxylic acids is 2. The molecule has 0 saturated heterocycles. The van der Waals surface area contributed by atoms with Crippen LogP contribution >= 0.6 is 0 Å². The van der Waals surface area contributed by atoms with Gasteiger partial charge in [0.1, 0.15) is 12.2 Å². The van der Waals surface area contributed by atoms with Crippen molar-refractivity contribution in [3.8, 4) is 0 Å². The Bertz CT molecular complexity index is 165. The lowest BCUT2D eigenvalue weighted by atomic mass is 9.81. The first-order chi connectivity index (χ1) is 6.01. The van der Waals surface area contributed by atoms with E-state index in [2.05, 4.69) is 0 Å². The van der Waals surface area contributed by atoms with Gasteiger partial charge in [0.2, 0.25) is 12.6 Å². The van der Waals surface area contributed by atoms with Crippen molar-refractivity contribution in [3.63, 3.8) is 0 Å². The molecule has 0 bridgehead atoms. The molecule has 0 aromatic heterocycles. The lowest BCUT2D eigenvalue weighted by Crippen LogP contribution is -2.45. The second kappa shape index (κ2) is 5.12. The van der Waals surface area contributed by atoms with Gasteiger partial charge in [0.15, 0.2) is 0 Å². The van der Waals surface area contributed by atoms with Gasteiger partial charge >= 0.3 is 0 Å². The third kappa shape index (κ3) is 2.62. The molecule has 0 unspecified atom stereocenters. The van der Waals surface area contributed by atoms with E-state index < -0.39 is 5.60 Å². The first-order valence-corrected chi connectivity index (χ1v) is 4.39. The third-order valence-corrected chi connectivity index (χ3v) is 2.24. The van der Waals surface area contributed by atoms with Gasteiger partial charge in [0.25, 0.3) is 0 Å². The molecule has 0 atom stereocenters. The first-order valence-electron chi connectivity index (χ1n) is 4.39. The fraction of sp³-hybridized carbons (Fsp3) is 0.800. The molecule has 0 aromatic rings. The Morgan fingerprint density at radius 1 is 1.15 bits per heavy atom. The zero-order chi connectivity index (χ0) is 10.5.